The molecule has 30 heavy (non-hydrogen) atoms. The van der Waals surface area contributed by atoms with E-state index in [0.717, 1.165) is 17.8 Å². The van der Waals surface area contributed by atoms with Crippen LogP contribution >= 0.6 is 11.6 Å². The molecule has 0 aliphatic rings. The number of carbonyl (C=O) groups excluding carboxylic acids is 1. The Kier molecular flexibility index (Phi) is 6.36. The number of ether oxygens (including phenoxy) is 1. The molecule has 0 N–H and O–H groups in total. The van der Waals surface area contributed by atoms with Gasteiger partial charge in [-0.05, 0) is 26.0 Å². The van der Waals surface area contributed by atoms with Gasteiger partial charge in [-0.15, -0.1) is 0 Å². The Labute approximate surface area is 177 Å². The van der Waals surface area contributed by atoms with Crippen LogP contribution in [-0.4, -0.2) is 42.3 Å². The van der Waals surface area contributed by atoms with Crippen LogP contribution in [0.1, 0.15) is 28.7 Å². The number of amides is 1. The summed E-state index contributed by atoms with van der Waals surface area (Å²) in [5.41, 5.74) is 2.15. The van der Waals surface area contributed by atoms with E-state index >= 15 is 0 Å². The van der Waals surface area contributed by atoms with Gasteiger partial charge in [0.2, 0.25) is 0 Å². The Morgan fingerprint density at radius 1 is 1.37 bits per heavy atom. The summed E-state index contributed by atoms with van der Waals surface area (Å²) in [7, 11) is 1.71. The SMILES string of the molecule is CCn1ncc(CN(C)C(=O)c2ccn(COc3ccc([N+](=O)[O-])cc3Cl)n2)c1C. The van der Waals surface area contributed by atoms with Crippen LogP contribution in [0.3, 0.4) is 0 Å². The molecule has 0 aliphatic carbocycles. The van der Waals surface area contributed by atoms with E-state index in [2.05, 4.69) is 10.2 Å². The number of aromatic nitrogens is 4. The molecule has 10 nitrogen and oxygen atoms in total. The Morgan fingerprint density at radius 3 is 2.77 bits per heavy atom. The number of hydrogen-bond acceptors (Lipinski definition) is 6. The van der Waals surface area contributed by atoms with Gasteiger partial charge in [0.05, 0.1) is 16.1 Å². The molecule has 1 amide bonds. The van der Waals surface area contributed by atoms with Crippen molar-refractivity contribution in [3.8, 4) is 5.75 Å². The third-order valence-electron chi connectivity index (χ3n) is 4.60. The number of carbonyl (C=O) groups is 1. The molecule has 11 heteroatoms. The number of halogens is 1. The molecule has 0 radical (unpaired) electrons. The van der Waals surface area contributed by atoms with Gasteiger partial charge in [-0.1, -0.05) is 11.6 Å². The van der Waals surface area contributed by atoms with Crippen LogP contribution in [0.15, 0.2) is 36.7 Å². The maximum absolute atomic E-state index is 12.7. The van der Waals surface area contributed by atoms with Crippen molar-refractivity contribution in [2.75, 3.05) is 7.05 Å². The number of nitrogens with zero attached hydrogens (tertiary/aromatic N) is 6. The molecule has 2 heterocycles. The summed E-state index contributed by atoms with van der Waals surface area (Å²) >= 11 is 6.01. The lowest BCUT2D eigenvalue weighted by Gasteiger charge is -2.15. The Morgan fingerprint density at radius 2 is 2.13 bits per heavy atom. The van der Waals surface area contributed by atoms with Crippen molar-refractivity contribution >= 4 is 23.2 Å². The van der Waals surface area contributed by atoms with E-state index in [1.165, 1.54) is 22.9 Å². The molecule has 3 aromatic rings. The molecule has 0 fully saturated rings. The van der Waals surface area contributed by atoms with Gasteiger partial charge in [-0.3, -0.25) is 19.6 Å². The molecule has 2 aromatic heterocycles. The average Bonchev–Trinajstić information content (AvgIpc) is 3.33. The van der Waals surface area contributed by atoms with Crippen molar-refractivity contribution in [3.05, 3.63) is 68.7 Å². The van der Waals surface area contributed by atoms with E-state index in [1.54, 1.807) is 30.4 Å². The van der Waals surface area contributed by atoms with Crippen molar-refractivity contribution in [1.29, 1.82) is 0 Å². The summed E-state index contributed by atoms with van der Waals surface area (Å²) in [5.74, 6) is 0.0527. The minimum absolute atomic E-state index is 0.00307. The lowest BCUT2D eigenvalue weighted by molar-refractivity contribution is -0.384. The first kappa shape index (κ1) is 21.3. The number of aryl methyl sites for hydroxylation is 1. The summed E-state index contributed by atoms with van der Waals surface area (Å²) in [6.45, 7) is 5.17. The first-order valence-corrected chi connectivity index (χ1v) is 9.55. The fraction of sp³-hybridized carbons (Fsp3) is 0.316. The third kappa shape index (κ3) is 4.60. The normalized spacial score (nSPS) is 10.8. The van der Waals surface area contributed by atoms with Crippen LogP contribution in [0.5, 0.6) is 5.75 Å². The van der Waals surface area contributed by atoms with Crippen LogP contribution in [0.4, 0.5) is 5.69 Å². The highest BCUT2D eigenvalue weighted by Crippen LogP contribution is 2.28. The van der Waals surface area contributed by atoms with Crippen LogP contribution in [0.25, 0.3) is 0 Å². The first-order valence-electron chi connectivity index (χ1n) is 9.17. The second-order valence-electron chi connectivity index (χ2n) is 6.62. The minimum Gasteiger partial charge on any atom is -0.470 e. The largest absolute Gasteiger partial charge is 0.470 e. The van der Waals surface area contributed by atoms with E-state index in [1.807, 2.05) is 18.5 Å². The monoisotopic (exact) mass is 432 g/mol. The highest BCUT2D eigenvalue weighted by Gasteiger charge is 2.17. The van der Waals surface area contributed by atoms with Crippen LogP contribution in [0.2, 0.25) is 5.02 Å². The molecule has 1 aromatic carbocycles. The van der Waals surface area contributed by atoms with Crippen LogP contribution in [0, 0.1) is 17.0 Å². The Balaban J connectivity index is 1.62. The van der Waals surface area contributed by atoms with Gasteiger partial charge in [0.15, 0.2) is 12.4 Å². The van der Waals surface area contributed by atoms with Gasteiger partial charge in [0.1, 0.15) is 5.75 Å². The van der Waals surface area contributed by atoms with E-state index in [9.17, 15) is 14.9 Å². The molecule has 0 saturated heterocycles. The van der Waals surface area contributed by atoms with Gasteiger partial charge >= 0.3 is 0 Å². The van der Waals surface area contributed by atoms with Crippen molar-refractivity contribution in [2.24, 2.45) is 0 Å². The molecular weight excluding hydrogens is 412 g/mol. The molecule has 0 atom stereocenters. The minimum atomic E-state index is -0.535. The zero-order chi connectivity index (χ0) is 21.8. The number of benzene rings is 1. The van der Waals surface area contributed by atoms with Gasteiger partial charge in [-0.25, -0.2) is 4.68 Å². The average molecular weight is 433 g/mol. The molecule has 158 valence electrons. The van der Waals surface area contributed by atoms with Gasteiger partial charge in [-0.2, -0.15) is 10.2 Å². The Hall–Kier alpha value is -3.40. The third-order valence-corrected chi connectivity index (χ3v) is 4.89. The predicted octanol–water partition coefficient (Wildman–Crippen LogP) is 3.28. The molecule has 0 aliphatic heterocycles. The number of rotatable bonds is 8. The highest BCUT2D eigenvalue weighted by atomic mass is 35.5. The number of nitro benzene ring substituents is 1. The second-order valence-corrected chi connectivity index (χ2v) is 7.03. The van der Waals surface area contributed by atoms with Gasteiger partial charge in [0.25, 0.3) is 11.6 Å². The van der Waals surface area contributed by atoms with Crippen LogP contribution < -0.4 is 4.74 Å². The van der Waals surface area contributed by atoms with E-state index < -0.39 is 4.92 Å². The zero-order valence-electron chi connectivity index (χ0n) is 16.8. The molecule has 0 bridgehead atoms. The fourth-order valence-electron chi connectivity index (χ4n) is 2.89. The maximum atomic E-state index is 12.7. The quantitative estimate of drug-likeness (QED) is 0.399. The lowest BCUT2D eigenvalue weighted by atomic mass is 10.2. The van der Waals surface area contributed by atoms with Gasteiger partial charge < -0.3 is 9.64 Å². The highest BCUT2D eigenvalue weighted by molar-refractivity contribution is 6.32. The van der Waals surface area contributed by atoms with Crippen molar-refractivity contribution in [1.82, 2.24) is 24.5 Å². The fourth-order valence-corrected chi connectivity index (χ4v) is 3.12. The van der Waals surface area contributed by atoms with Crippen LogP contribution in [-0.2, 0) is 19.8 Å². The molecule has 0 unspecified atom stereocenters. The molecule has 3 rings (SSSR count). The first-order chi connectivity index (χ1) is 14.3. The molecular formula is C19H21ClN6O4. The van der Waals surface area contributed by atoms with E-state index in [0.29, 0.717) is 6.54 Å². The lowest BCUT2D eigenvalue weighted by Crippen LogP contribution is -2.27. The van der Waals surface area contributed by atoms with Gasteiger partial charge in [0, 0.05) is 49.7 Å². The maximum Gasteiger partial charge on any atom is 0.274 e. The van der Waals surface area contributed by atoms with Crippen molar-refractivity contribution in [2.45, 2.75) is 33.7 Å². The number of non-ortho nitro benzene ring substituents is 1. The summed E-state index contributed by atoms with van der Waals surface area (Å²) in [6, 6.07) is 5.54. The second kappa shape index (κ2) is 8.95. The summed E-state index contributed by atoms with van der Waals surface area (Å²) in [6.07, 6.45) is 3.38. The number of nitro groups is 1. The van der Waals surface area contributed by atoms with E-state index in [-0.39, 0.29) is 34.8 Å². The molecule has 0 spiro atoms. The summed E-state index contributed by atoms with van der Waals surface area (Å²) in [4.78, 5) is 24.5. The number of hydrogen-bond donors (Lipinski definition) is 0. The van der Waals surface area contributed by atoms with Crippen molar-refractivity contribution in [3.63, 3.8) is 0 Å². The van der Waals surface area contributed by atoms with Crippen molar-refractivity contribution < 1.29 is 14.5 Å². The zero-order valence-corrected chi connectivity index (χ0v) is 17.5. The summed E-state index contributed by atoms with van der Waals surface area (Å²) in [5, 5.41) is 19.4. The summed E-state index contributed by atoms with van der Waals surface area (Å²) < 4.78 is 8.87. The topological polar surface area (TPSA) is 108 Å². The molecule has 0 saturated carbocycles. The van der Waals surface area contributed by atoms with E-state index in [4.69, 9.17) is 16.3 Å². The predicted molar refractivity (Wildman–Crippen MR) is 109 cm³/mol. The smallest absolute Gasteiger partial charge is 0.274 e. The Bertz CT molecular complexity index is 1080. The standard InChI is InChI=1S/C19H21ClN6O4/c1-4-25-13(2)14(10-21-25)11-23(3)19(27)17-7-8-24(22-17)12-30-18-6-5-15(26(28)29)9-16(18)20/h5-10H,4,11-12H2,1-3H3.